The summed E-state index contributed by atoms with van der Waals surface area (Å²) in [5.74, 6) is 0.513. The standard InChI is InChI=1S/C13H16ClFN4/c1-2-5-16-7-13-17-9-18-19(13)8-10-6-11(15)3-4-12(10)14/h3-4,6,9,16H,2,5,7-8H2,1H3. The van der Waals surface area contributed by atoms with E-state index in [9.17, 15) is 4.39 Å². The minimum atomic E-state index is -0.301. The maximum absolute atomic E-state index is 13.2. The number of halogens is 2. The lowest BCUT2D eigenvalue weighted by Crippen LogP contribution is -2.18. The smallest absolute Gasteiger partial charge is 0.141 e. The highest BCUT2D eigenvalue weighted by Crippen LogP contribution is 2.18. The van der Waals surface area contributed by atoms with Gasteiger partial charge in [0.2, 0.25) is 0 Å². The highest BCUT2D eigenvalue weighted by molar-refractivity contribution is 6.31. The predicted molar refractivity (Wildman–Crippen MR) is 72.5 cm³/mol. The minimum Gasteiger partial charge on any atom is -0.310 e. The molecule has 19 heavy (non-hydrogen) atoms. The normalized spacial score (nSPS) is 10.9. The highest BCUT2D eigenvalue weighted by Gasteiger charge is 2.08. The van der Waals surface area contributed by atoms with E-state index < -0.39 is 0 Å². The lowest BCUT2D eigenvalue weighted by Gasteiger charge is -2.08. The topological polar surface area (TPSA) is 42.7 Å². The van der Waals surface area contributed by atoms with Crippen LogP contribution in [0, 0.1) is 5.82 Å². The summed E-state index contributed by atoms with van der Waals surface area (Å²) in [5.41, 5.74) is 0.698. The van der Waals surface area contributed by atoms with Crippen LogP contribution in [-0.4, -0.2) is 21.3 Å². The monoisotopic (exact) mass is 282 g/mol. The van der Waals surface area contributed by atoms with Crippen molar-refractivity contribution in [3.63, 3.8) is 0 Å². The van der Waals surface area contributed by atoms with E-state index in [1.54, 1.807) is 10.7 Å². The first kappa shape index (κ1) is 14.0. The van der Waals surface area contributed by atoms with Gasteiger partial charge in [-0.1, -0.05) is 18.5 Å². The summed E-state index contributed by atoms with van der Waals surface area (Å²) in [6.07, 6.45) is 2.56. The van der Waals surface area contributed by atoms with Gasteiger partial charge in [-0.3, -0.25) is 0 Å². The second-order valence-electron chi connectivity index (χ2n) is 4.25. The summed E-state index contributed by atoms with van der Waals surface area (Å²) < 4.78 is 14.9. The third-order valence-corrected chi connectivity index (χ3v) is 3.10. The summed E-state index contributed by atoms with van der Waals surface area (Å²) >= 11 is 6.05. The molecule has 2 aromatic rings. The van der Waals surface area contributed by atoms with Crippen LogP contribution >= 0.6 is 11.6 Å². The van der Waals surface area contributed by atoms with Crippen molar-refractivity contribution in [3.05, 3.63) is 46.8 Å². The van der Waals surface area contributed by atoms with E-state index in [-0.39, 0.29) is 5.82 Å². The minimum absolute atomic E-state index is 0.301. The zero-order valence-corrected chi connectivity index (χ0v) is 11.5. The van der Waals surface area contributed by atoms with Crippen LogP contribution in [0.15, 0.2) is 24.5 Å². The molecule has 1 heterocycles. The summed E-state index contributed by atoms with van der Waals surface area (Å²) in [4.78, 5) is 4.19. The second-order valence-corrected chi connectivity index (χ2v) is 4.65. The number of rotatable bonds is 6. The molecule has 0 radical (unpaired) electrons. The zero-order chi connectivity index (χ0) is 13.7. The van der Waals surface area contributed by atoms with Crippen LogP contribution in [0.2, 0.25) is 5.02 Å². The Labute approximate surface area is 116 Å². The molecule has 0 bridgehead atoms. The number of nitrogens with one attached hydrogen (secondary N) is 1. The molecule has 0 aliphatic heterocycles. The number of nitrogens with zero attached hydrogens (tertiary/aromatic N) is 3. The Hall–Kier alpha value is -1.46. The fourth-order valence-electron chi connectivity index (χ4n) is 1.76. The zero-order valence-electron chi connectivity index (χ0n) is 10.7. The lowest BCUT2D eigenvalue weighted by molar-refractivity contribution is 0.578. The third-order valence-electron chi connectivity index (χ3n) is 2.73. The van der Waals surface area contributed by atoms with Crippen LogP contribution in [0.1, 0.15) is 24.7 Å². The fourth-order valence-corrected chi connectivity index (χ4v) is 1.94. The maximum Gasteiger partial charge on any atom is 0.141 e. The second kappa shape index (κ2) is 6.63. The van der Waals surface area contributed by atoms with Gasteiger partial charge >= 0.3 is 0 Å². The molecule has 0 saturated heterocycles. The van der Waals surface area contributed by atoms with Crippen molar-refractivity contribution in [2.45, 2.75) is 26.4 Å². The predicted octanol–water partition coefficient (Wildman–Crippen LogP) is 2.62. The average Bonchev–Trinajstić information content (AvgIpc) is 2.82. The van der Waals surface area contributed by atoms with E-state index in [1.165, 1.54) is 18.5 Å². The van der Waals surface area contributed by atoms with E-state index >= 15 is 0 Å². The van der Waals surface area contributed by atoms with E-state index in [0.29, 0.717) is 23.7 Å². The first-order valence-electron chi connectivity index (χ1n) is 6.22. The fraction of sp³-hybridized carbons (Fsp3) is 0.385. The number of hydrogen-bond donors (Lipinski definition) is 1. The third kappa shape index (κ3) is 3.75. The van der Waals surface area contributed by atoms with Crippen molar-refractivity contribution >= 4 is 11.6 Å². The molecule has 2 rings (SSSR count). The largest absolute Gasteiger partial charge is 0.310 e. The van der Waals surface area contributed by atoms with Gasteiger partial charge in [0, 0.05) is 5.02 Å². The molecule has 1 aromatic heterocycles. The van der Waals surface area contributed by atoms with Crippen LogP contribution in [0.5, 0.6) is 0 Å². The van der Waals surface area contributed by atoms with Crippen LogP contribution in [-0.2, 0) is 13.1 Å². The molecule has 0 unspecified atom stereocenters. The van der Waals surface area contributed by atoms with Crippen molar-refractivity contribution in [3.8, 4) is 0 Å². The van der Waals surface area contributed by atoms with Crippen LogP contribution < -0.4 is 5.32 Å². The number of hydrogen-bond acceptors (Lipinski definition) is 3. The summed E-state index contributed by atoms with van der Waals surface area (Å²) in [6, 6.07) is 4.32. The van der Waals surface area contributed by atoms with E-state index in [1.807, 2.05) is 0 Å². The average molecular weight is 283 g/mol. The molecule has 0 aliphatic carbocycles. The van der Waals surface area contributed by atoms with Gasteiger partial charge in [0.15, 0.2) is 0 Å². The van der Waals surface area contributed by atoms with Gasteiger partial charge in [-0.25, -0.2) is 14.1 Å². The van der Waals surface area contributed by atoms with Crippen molar-refractivity contribution in [2.24, 2.45) is 0 Å². The van der Waals surface area contributed by atoms with Crippen LogP contribution in [0.3, 0.4) is 0 Å². The van der Waals surface area contributed by atoms with Crippen molar-refractivity contribution < 1.29 is 4.39 Å². The lowest BCUT2D eigenvalue weighted by atomic mass is 10.2. The van der Waals surface area contributed by atoms with Gasteiger partial charge in [0.25, 0.3) is 0 Å². The summed E-state index contributed by atoms with van der Waals surface area (Å²) in [7, 11) is 0. The molecule has 0 spiro atoms. The van der Waals surface area contributed by atoms with Gasteiger partial charge in [0.05, 0.1) is 13.1 Å². The Morgan fingerprint density at radius 2 is 2.26 bits per heavy atom. The maximum atomic E-state index is 13.2. The van der Waals surface area contributed by atoms with E-state index in [4.69, 9.17) is 11.6 Å². The number of benzene rings is 1. The molecular formula is C13H16ClFN4. The molecule has 0 atom stereocenters. The van der Waals surface area contributed by atoms with Crippen molar-refractivity contribution in [1.29, 1.82) is 0 Å². The summed E-state index contributed by atoms with van der Waals surface area (Å²) in [6.45, 7) is 4.08. The Kier molecular flexibility index (Phi) is 4.87. The Balaban J connectivity index is 2.10. The highest BCUT2D eigenvalue weighted by atomic mass is 35.5. The molecule has 0 amide bonds. The van der Waals surface area contributed by atoms with Gasteiger partial charge in [0.1, 0.15) is 18.0 Å². The quantitative estimate of drug-likeness (QED) is 0.828. The van der Waals surface area contributed by atoms with Gasteiger partial charge in [-0.2, -0.15) is 5.10 Å². The molecule has 6 heteroatoms. The Morgan fingerprint density at radius 1 is 1.42 bits per heavy atom. The van der Waals surface area contributed by atoms with Crippen molar-refractivity contribution in [2.75, 3.05) is 6.54 Å². The van der Waals surface area contributed by atoms with Crippen molar-refractivity contribution in [1.82, 2.24) is 20.1 Å². The molecule has 1 aromatic carbocycles. The Morgan fingerprint density at radius 3 is 3.05 bits per heavy atom. The van der Waals surface area contributed by atoms with Gasteiger partial charge in [-0.05, 0) is 36.7 Å². The molecule has 4 nitrogen and oxygen atoms in total. The summed E-state index contributed by atoms with van der Waals surface area (Å²) in [5, 5.41) is 7.94. The van der Waals surface area contributed by atoms with Crippen LogP contribution in [0.4, 0.5) is 4.39 Å². The van der Waals surface area contributed by atoms with E-state index in [2.05, 4.69) is 22.3 Å². The molecule has 0 saturated carbocycles. The molecule has 1 N–H and O–H groups in total. The number of aromatic nitrogens is 3. The molecule has 0 aliphatic rings. The molecule has 0 fully saturated rings. The molecular weight excluding hydrogens is 267 g/mol. The van der Waals surface area contributed by atoms with E-state index in [0.717, 1.165) is 18.8 Å². The van der Waals surface area contributed by atoms with Gasteiger partial charge in [-0.15, -0.1) is 0 Å². The molecule has 102 valence electrons. The first-order chi connectivity index (χ1) is 9.20. The first-order valence-corrected chi connectivity index (χ1v) is 6.60. The Bertz CT molecular complexity index is 541. The SMILES string of the molecule is CCCNCc1ncnn1Cc1cc(F)ccc1Cl. The van der Waals surface area contributed by atoms with Gasteiger partial charge < -0.3 is 5.32 Å². The van der Waals surface area contributed by atoms with Crippen LogP contribution in [0.25, 0.3) is 0 Å².